The fraction of sp³-hybridized carbons (Fsp3) is 0.500. The van der Waals surface area contributed by atoms with Crippen LogP contribution >= 0.6 is 11.3 Å². The number of piperazine rings is 1. The first-order chi connectivity index (χ1) is 6.79. The highest BCUT2D eigenvalue weighted by Gasteiger charge is 2.15. The summed E-state index contributed by atoms with van der Waals surface area (Å²) in [5.41, 5.74) is 0. The predicted molar refractivity (Wildman–Crippen MR) is 58.7 cm³/mol. The van der Waals surface area contributed by atoms with Crippen LogP contribution in [0.15, 0.2) is 12.1 Å². The second-order valence-electron chi connectivity index (χ2n) is 3.54. The molecule has 0 atom stereocenters. The molecule has 1 aliphatic heterocycles. The normalized spacial score (nSPS) is 18.1. The molecule has 0 N–H and O–H groups in total. The Morgan fingerprint density at radius 3 is 2.57 bits per heavy atom. The highest BCUT2D eigenvalue weighted by Crippen LogP contribution is 2.25. The lowest BCUT2D eigenvalue weighted by Crippen LogP contribution is -2.44. The van der Waals surface area contributed by atoms with E-state index in [2.05, 4.69) is 29.0 Å². The summed E-state index contributed by atoms with van der Waals surface area (Å²) in [5, 5.41) is 9.96. The van der Waals surface area contributed by atoms with Gasteiger partial charge in [0.2, 0.25) is 0 Å². The standard InChI is InChI=1S/C10H13N3S/c1-12-4-6-13(7-5-12)10-3-2-9(8-11)14-10/h2-3H,4-7H2,1H3. The molecule has 0 unspecified atom stereocenters. The van der Waals surface area contributed by atoms with E-state index in [4.69, 9.17) is 5.26 Å². The molecule has 0 spiro atoms. The molecular formula is C10H13N3S. The Morgan fingerprint density at radius 2 is 2.00 bits per heavy atom. The molecule has 0 radical (unpaired) electrons. The van der Waals surface area contributed by atoms with Crippen molar-refractivity contribution in [1.29, 1.82) is 5.26 Å². The van der Waals surface area contributed by atoms with Gasteiger partial charge in [0.05, 0.1) is 5.00 Å². The Labute approximate surface area is 88.2 Å². The van der Waals surface area contributed by atoms with Gasteiger partial charge in [0.15, 0.2) is 0 Å². The van der Waals surface area contributed by atoms with E-state index >= 15 is 0 Å². The maximum Gasteiger partial charge on any atom is 0.110 e. The van der Waals surface area contributed by atoms with Crippen LogP contribution in [0.3, 0.4) is 0 Å². The lowest BCUT2D eigenvalue weighted by Gasteiger charge is -2.32. The van der Waals surface area contributed by atoms with Crippen LogP contribution in [-0.4, -0.2) is 38.1 Å². The summed E-state index contributed by atoms with van der Waals surface area (Å²) in [6, 6.07) is 6.13. The number of thiophene rings is 1. The van der Waals surface area contributed by atoms with Crippen molar-refractivity contribution in [3.8, 4) is 6.07 Å². The van der Waals surface area contributed by atoms with Crippen molar-refractivity contribution < 1.29 is 0 Å². The molecule has 0 bridgehead atoms. The van der Waals surface area contributed by atoms with E-state index in [0.717, 1.165) is 31.1 Å². The van der Waals surface area contributed by atoms with E-state index in [0.29, 0.717) is 0 Å². The molecule has 2 heterocycles. The number of nitrogens with zero attached hydrogens (tertiary/aromatic N) is 3. The van der Waals surface area contributed by atoms with Crippen LogP contribution in [-0.2, 0) is 0 Å². The SMILES string of the molecule is CN1CCN(c2ccc(C#N)s2)CC1. The van der Waals surface area contributed by atoms with E-state index in [1.807, 2.05) is 6.07 Å². The molecule has 0 amide bonds. The number of rotatable bonds is 1. The topological polar surface area (TPSA) is 30.3 Å². The molecule has 1 aromatic rings. The third kappa shape index (κ3) is 1.89. The Bertz CT molecular complexity index is 344. The van der Waals surface area contributed by atoms with Gasteiger partial charge in [-0.2, -0.15) is 5.26 Å². The lowest BCUT2D eigenvalue weighted by atomic mass is 10.3. The molecule has 1 aromatic heterocycles. The monoisotopic (exact) mass is 207 g/mol. The molecule has 0 aliphatic carbocycles. The van der Waals surface area contributed by atoms with Gasteiger partial charge in [0, 0.05) is 26.2 Å². The molecule has 3 nitrogen and oxygen atoms in total. The summed E-state index contributed by atoms with van der Waals surface area (Å²) in [5.74, 6) is 0. The quantitative estimate of drug-likeness (QED) is 0.697. The smallest absolute Gasteiger partial charge is 0.110 e. The van der Waals surface area contributed by atoms with Crippen LogP contribution in [0.4, 0.5) is 5.00 Å². The minimum atomic E-state index is 0.805. The van der Waals surface area contributed by atoms with Crippen molar-refractivity contribution in [3.63, 3.8) is 0 Å². The van der Waals surface area contributed by atoms with Gasteiger partial charge in [-0.3, -0.25) is 0 Å². The number of nitriles is 1. The molecule has 2 rings (SSSR count). The average molecular weight is 207 g/mol. The summed E-state index contributed by atoms with van der Waals surface area (Å²) >= 11 is 1.59. The van der Waals surface area contributed by atoms with Crippen LogP contribution < -0.4 is 4.90 Å². The number of hydrogen-bond acceptors (Lipinski definition) is 4. The zero-order chi connectivity index (χ0) is 9.97. The first-order valence-electron chi connectivity index (χ1n) is 4.73. The predicted octanol–water partition coefficient (Wildman–Crippen LogP) is 1.37. The molecule has 0 aromatic carbocycles. The van der Waals surface area contributed by atoms with E-state index in [9.17, 15) is 0 Å². The third-order valence-corrected chi connectivity index (χ3v) is 3.57. The minimum absolute atomic E-state index is 0.805. The van der Waals surface area contributed by atoms with Gasteiger partial charge < -0.3 is 9.80 Å². The summed E-state index contributed by atoms with van der Waals surface area (Å²) < 4.78 is 0. The molecular weight excluding hydrogens is 194 g/mol. The summed E-state index contributed by atoms with van der Waals surface area (Å²) in [6.07, 6.45) is 0. The Hall–Kier alpha value is -1.05. The maximum atomic E-state index is 8.73. The fourth-order valence-electron chi connectivity index (χ4n) is 1.58. The first-order valence-corrected chi connectivity index (χ1v) is 5.54. The second-order valence-corrected chi connectivity index (χ2v) is 4.60. The number of hydrogen-bond donors (Lipinski definition) is 0. The maximum absolute atomic E-state index is 8.73. The van der Waals surface area contributed by atoms with E-state index in [1.54, 1.807) is 11.3 Å². The molecule has 1 saturated heterocycles. The lowest BCUT2D eigenvalue weighted by molar-refractivity contribution is 0.313. The van der Waals surface area contributed by atoms with Crippen LogP contribution in [0.25, 0.3) is 0 Å². The van der Waals surface area contributed by atoms with Crippen LogP contribution in [0, 0.1) is 11.3 Å². The van der Waals surface area contributed by atoms with E-state index < -0.39 is 0 Å². The molecule has 1 aliphatic rings. The van der Waals surface area contributed by atoms with Gasteiger partial charge >= 0.3 is 0 Å². The van der Waals surface area contributed by atoms with Crippen molar-refractivity contribution in [2.75, 3.05) is 38.1 Å². The van der Waals surface area contributed by atoms with Gasteiger partial charge in [-0.25, -0.2) is 0 Å². The van der Waals surface area contributed by atoms with Crippen molar-refractivity contribution in [3.05, 3.63) is 17.0 Å². The fourth-order valence-corrected chi connectivity index (χ4v) is 2.44. The van der Waals surface area contributed by atoms with Gasteiger partial charge in [0.25, 0.3) is 0 Å². The van der Waals surface area contributed by atoms with Crippen molar-refractivity contribution in [2.45, 2.75) is 0 Å². The Morgan fingerprint density at radius 1 is 1.29 bits per heavy atom. The Balaban J connectivity index is 2.05. The van der Waals surface area contributed by atoms with Crippen LogP contribution in [0.2, 0.25) is 0 Å². The minimum Gasteiger partial charge on any atom is -0.361 e. The number of likely N-dealkylation sites (N-methyl/N-ethyl adjacent to an activating group) is 1. The highest BCUT2D eigenvalue weighted by atomic mass is 32.1. The molecule has 1 fully saturated rings. The summed E-state index contributed by atoms with van der Waals surface area (Å²) in [4.78, 5) is 5.49. The van der Waals surface area contributed by atoms with Gasteiger partial charge in [-0.15, -0.1) is 11.3 Å². The molecule has 74 valence electrons. The Kier molecular flexibility index (Phi) is 2.71. The van der Waals surface area contributed by atoms with Crippen LogP contribution in [0.1, 0.15) is 4.88 Å². The third-order valence-electron chi connectivity index (χ3n) is 2.52. The largest absolute Gasteiger partial charge is 0.361 e. The van der Waals surface area contributed by atoms with Gasteiger partial charge in [-0.05, 0) is 19.2 Å². The van der Waals surface area contributed by atoms with Crippen molar-refractivity contribution in [1.82, 2.24) is 4.90 Å². The molecule has 0 saturated carbocycles. The summed E-state index contributed by atoms with van der Waals surface area (Å²) in [7, 11) is 2.15. The molecule has 4 heteroatoms. The average Bonchev–Trinajstić information content (AvgIpc) is 2.67. The van der Waals surface area contributed by atoms with Gasteiger partial charge in [-0.1, -0.05) is 0 Å². The zero-order valence-corrected chi connectivity index (χ0v) is 9.05. The van der Waals surface area contributed by atoms with Crippen molar-refractivity contribution >= 4 is 16.3 Å². The van der Waals surface area contributed by atoms with Crippen LogP contribution in [0.5, 0.6) is 0 Å². The highest BCUT2D eigenvalue weighted by molar-refractivity contribution is 7.16. The van der Waals surface area contributed by atoms with Crippen molar-refractivity contribution in [2.24, 2.45) is 0 Å². The van der Waals surface area contributed by atoms with Gasteiger partial charge in [0.1, 0.15) is 10.9 Å². The first kappa shape index (κ1) is 9.50. The second kappa shape index (κ2) is 3.99. The summed E-state index contributed by atoms with van der Waals surface area (Å²) in [6.45, 7) is 4.36. The molecule has 14 heavy (non-hydrogen) atoms. The zero-order valence-electron chi connectivity index (χ0n) is 8.23. The number of anilines is 1. The van der Waals surface area contributed by atoms with E-state index in [-0.39, 0.29) is 0 Å². The van der Waals surface area contributed by atoms with E-state index in [1.165, 1.54) is 5.00 Å².